The Morgan fingerprint density at radius 3 is 3.20 bits per heavy atom. The van der Waals surface area contributed by atoms with Gasteiger partial charge in [0.15, 0.2) is 0 Å². The SMILES string of the molecule is C=CCC(CC#N)C1CNCCCN1C. The summed E-state index contributed by atoms with van der Waals surface area (Å²) in [6, 6.07) is 2.77. The first-order valence-corrected chi connectivity index (χ1v) is 5.68. The number of hydrogen-bond acceptors (Lipinski definition) is 3. The molecule has 1 rings (SSSR count). The second kappa shape index (κ2) is 6.60. The number of hydrogen-bond donors (Lipinski definition) is 1. The van der Waals surface area contributed by atoms with E-state index in [0.717, 1.165) is 26.1 Å². The zero-order valence-electron chi connectivity index (χ0n) is 9.58. The lowest BCUT2D eigenvalue weighted by atomic mass is 9.92. The summed E-state index contributed by atoms with van der Waals surface area (Å²) in [7, 11) is 2.16. The maximum atomic E-state index is 8.83. The van der Waals surface area contributed by atoms with Gasteiger partial charge in [-0.2, -0.15) is 5.26 Å². The normalized spacial score (nSPS) is 25.2. The molecule has 1 aliphatic heterocycles. The van der Waals surface area contributed by atoms with Gasteiger partial charge in [-0.1, -0.05) is 6.08 Å². The van der Waals surface area contributed by atoms with Gasteiger partial charge in [0.2, 0.25) is 0 Å². The Kier molecular flexibility index (Phi) is 5.38. The van der Waals surface area contributed by atoms with Crippen LogP contribution in [0.1, 0.15) is 19.3 Å². The van der Waals surface area contributed by atoms with Gasteiger partial charge in [-0.3, -0.25) is 0 Å². The second-order valence-corrected chi connectivity index (χ2v) is 4.25. The van der Waals surface area contributed by atoms with Crippen LogP contribution in [0.5, 0.6) is 0 Å². The summed E-state index contributed by atoms with van der Waals surface area (Å²) in [5.41, 5.74) is 0. The van der Waals surface area contributed by atoms with Crippen molar-refractivity contribution in [3.05, 3.63) is 12.7 Å². The maximum Gasteiger partial charge on any atom is 0.0625 e. The van der Waals surface area contributed by atoms with Crippen LogP contribution in [0.15, 0.2) is 12.7 Å². The fraction of sp³-hybridized carbons (Fsp3) is 0.750. The quantitative estimate of drug-likeness (QED) is 0.708. The highest BCUT2D eigenvalue weighted by atomic mass is 15.2. The average molecular weight is 207 g/mol. The Balaban J connectivity index is 2.61. The molecule has 1 aliphatic rings. The third-order valence-electron chi connectivity index (χ3n) is 3.15. The Labute approximate surface area is 92.8 Å². The number of likely N-dealkylation sites (N-methyl/N-ethyl adjacent to an activating group) is 1. The van der Waals surface area contributed by atoms with Gasteiger partial charge in [-0.05, 0) is 38.9 Å². The second-order valence-electron chi connectivity index (χ2n) is 4.25. The minimum Gasteiger partial charge on any atom is -0.315 e. The van der Waals surface area contributed by atoms with Crippen molar-refractivity contribution in [2.75, 3.05) is 26.7 Å². The van der Waals surface area contributed by atoms with Crippen LogP contribution in [0.3, 0.4) is 0 Å². The van der Waals surface area contributed by atoms with Crippen molar-refractivity contribution in [1.29, 1.82) is 5.26 Å². The molecule has 2 unspecified atom stereocenters. The van der Waals surface area contributed by atoms with Gasteiger partial charge in [0, 0.05) is 19.0 Å². The van der Waals surface area contributed by atoms with E-state index in [0.29, 0.717) is 18.4 Å². The lowest BCUT2D eigenvalue weighted by Crippen LogP contribution is -2.42. The van der Waals surface area contributed by atoms with E-state index in [-0.39, 0.29) is 0 Å². The summed E-state index contributed by atoms with van der Waals surface area (Å²) in [5, 5.41) is 12.3. The molecule has 1 heterocycles. The van der Waals surface area contributed by atoms with E-state index >= 15 is 0 Å². The lowest BCUT2D eigenvalue weighted by Gasteiger charge is -2.31. The molecule has 0 spiro atoms. The molecule has 0 saturated carbocycles. The summed E-state index contributed by atoms with van der Waals surface area (Å²) in [6.07, 6.45) is 4.69. The summed E-state index contributed by atoms with van der Waals surface area (Å²) in [6.45, 7) is 6.99. The van der Waals surface area contributed by atoms with Gasteiger partial charge < -0.3 is 10.2 Å². The van der Waals surface area contributed by atoms with Crippen molar-refractivity contribution in [2.45, 2.75) is 25.3 Å². The summed E-state index contributed by atoms with van der Waals surface area (Å²) < 4.78 is 0. The highest BCUT2D eigenvalue weighted by molar-refractivity contribution is 4.91. The first kappa shape index (κ1) is 12.2. The summed E-state index contributed by atoms with van der Waals surface area (Å²) in [5.74, 6) is 0.420. The first-order chi connectivity index (χ1) is 7.29. The molecular formula is C12H21N3. The van der Waals surface area contributed by atoms with Crippen LogP contribution in [0, 0.1) is 17.2 Å². The molecule has 0 aliphatic carbocycles. The molecule has 3 heteroatoms. The van der Waals surface area contributed by atoms with Gasteiger partial charge in [0.05, 0.1) is 6.07 Å². The van der Waals surface area contributed by atoms with Crippen LogP contribution in [0.4, 0.5) is 0 Å². The number of nitrogens with zero attached hydrogens (tertiary/aromatic N) is 2. The molecule has 1 fully saturated rings. The van der Waals surface area contributed by atoms with Gasteiger partial charge in [0.25, 0.3) is 0 Å². The van der Waals surface area contributed by atoms with Gasteiger partial charge in [-0.15, -0.1) is 6.58 Å². The molecule has 0 aromatic carbocycles. The third kappa shape index (κ3) is 3.65. The topological polar surface area (TPSA) is 39.1 Å². The standard InChI is InChI=1S/C12H21N3/c1-3-5-11(6-7-13)12-10-14-8-4-9-15(12)2/h3,11-12,14H,1,4-6,8-10H2,2H3. The van der Waals surface area contributed by atoms with E-state index in [1.165, 1.54) is 6.42 Å². The minimum absolute atomic E-state index is 0.420. The maximum absolute atomic E-state index is 8.83. The lowest BCUT2D eigenvalue weighted by molar-refractivity contribution is 0.188. The van der Waals surface area contributed by atoms with Crippen LogP contribution < -0.4 is 5.32 Å². The van der Waals surface area contributed by atoms with Crippen molar-refractivity contribution in [1.82, 2.24) is 10.2 Å². The van der Waals surface area contributed by atoms with Crippen molar-refractivity contribution >= 4 is 0 Å². The first-order valence-electron chi connectivity index (χ1n) is 5.68. The average Bonchev–Trinajstić information content (AvgIpc) is 2.43. The summed E-state index contributed by atoms with van der Waals surface area (Å²) >= 11 is 0. The zero-order chi connectivity index (χ0) is 11.1. The number of nitrogens with one attached hydrogen (secondary N) is 1. The molecule has 84 valence electrons. The van der Waals surface area contributed by atoms with Crippen molar-refractivity contribution in [2.24, 2.45) is 5.92 Å². The molecule has 15 heavy (non-hydrogen) atoms. The van der Waals surface area contributed by atoms with Crippen LogP contribution in [-0.4, -0.2) is 37.6 Å². The fourth-order valence-electron chi connectivity index (χ4n) is 2.26. The molecule has 0 bridgehead atoms. The van der Waals surface area contributed by atoms with Gasteiger partial charge in [-0.25, -0.2) is 0 Å². The molecule has 0 amide bonds. The predicted octanol–water partition coefficient (Wildman–Crippen LogP) is 1.39. The highest BCUT2D eigenvalue weighted by Gasteiger charge is 2.25. The van der Waals surface area contributed by atoms with Crippen LogP contribution in [-0.2, 0) is 0 Å². The fourth-order valence-corrected chi connectivity index (χ4v) is 2.26. The molecule has 2 atom stereocenters. The Morgan fingerprint density at radius 2 is 2.53 bits per heavy atom. The minimum atomic E-state index is 0.420. The molecule has 1 saturated heterocycles. The molecule has 1 N–H and O–H groups in total. The Bertz CT molecular complexity index is 232. The molecule has 0 aromatic rings. The number of nitriles is 1. The van der Waals surface area contributed by atoms with E-state index in [2.05, 4.69) is 29.9 Å². The van der Waals surface area contributed by atoms with E-state index < -0.39 is 0 Å². The van der Waals surface area contributed by atoms with Crippen molar-refractivity contribution in [3.8, 4) is 6.07 Å². The zero-order valence-corrected chi connectivity index (χ0v) is 9.58. The van der Waals surface area contributed by atoms with Gasteiger partial charge >= 0.3 is 0 Å². The van der Waals surface area contributed by atoms with E-state index in [9.17, 15) is 0 Å². The van der Waals surface area contributed by atoms with Gasteiger partial charge in [0.1, 0.15) is 0 Å². The van der Waals surface area contributed by atoms with Crippen LogP contribution in [0.25, 0.3) is 0 Å². The smallest absolute Gasteiger partial charge is 0.0625 e. The van der Waals surface area contributed by atoms with Crippen molar-refractivity contribution < 1.29 is 0 Å². The molecule has 0 radical (unpaired) electrons. The van der Waals surface area contributed by atoms with Crippen molar-refractivity contribution in [3.63, 3.8) is 0 Å². The van der Waals surface area contributed by atoms with Crippen LogP contribution >= 0.6 is 0 Å². The van der Waals surface area contributed by atoms with E-state index in [1.54, 1.807) is 0 Å². The monoisotopic (exact) mass is 207 g/mol. The van der Waals surface area contributed by atoms with E-state index in [4.69, 9.17) is 5.26 Å². The molecule has 3 nitrogen and oxygen atoms in total. The Morgan fingerprint density at radius 1 is 1.73 bits per heavy atom. The highest BCUT2D eigenvalue weighted by Crippen LogP contribution is 2.19. The van der Waals surface area contributed by atoms with Crippen LogP contribution in [0.2, 0.25) is 0 Å². The largest absolute Gasteiger partial charge is 0.315 e. The molecular weight excluding hydrogens is 186 g/mol. The number of allylic oxidation sites excluding steroid dienone is 1. The molecule has 0 aromatic heterocycles. The number of rotatable bonds is 4. The summed E-state index contributed by atoms with van der Waals surface area (Å²) in [4.78, 5) is 2.38. The predicted molar refractivity (Wildman–Crippen MR) is 62.4 cm³/mol. The van der Waals surface area contributed by atoms with E-state index in [1.807, 2.05) is 6.08 Å². The third-order valence-corrected chi connectivity index (χ3v) is 3.15. The Hall–Kier alpha value is -0.850.